The first-order valence-corrected chi connectivity index (χ1v) is 8.85. The highest BCUT2D eigenvalue weighted by Crippen LogP contribution is 2.34. The van der Waals surface area contributed by atoms with E-state index >= 15 is 0 Å². The normalized spacial score (nSPS) is 22.3. The molecule has 0 spiro atoms. The van der Waals surface area contributed by atoms with Gasteiger partial charge in [-0.2, -0.15) is 0 Å². The highest BCUT2D eigenvalue weighted by molar-refractivity contribution is 5.88. The standard InChI is InChI=1S/C20H23N3O2/c1-13-3-2-10-23(13)12-19-21-17-9-8-16(11-18(17)22-19)14-4-6-15(7-5-14)20(24)25/h4-9,11,13,19,21-22H,2-3,10,12H2,1H3,(H,24,25). The van der Waals surface area contributed by atoms with Gasteiger partial charge < -0.3 is 15.7 Å². The smallest absolute Gasteiger partial charge is 0.335 e. The predicted molar refractivity (Wildman–Crippen MR) is 100 cm³/mol. The van der Waals surface area contributed by atoms with Crippen molar-refractivity contribution in [2.45, 2.75) is 32.0 Å². The molecular weight excluding hydrogens is 314 g/mol. The second kappa shape index (κ2) is 6.41. The quantitative estimate of drug-likeness (QED) is 0.794. The molecule has 2 aliphatic heterocycles. The molecule has 0 aromatic heterocycles. The van der Waals surface area contributed by atoms with Crippen molar-refractivity contribution < 1.29 is 9.90 Å². The number of aromatic carboxylic acids is 1. The van der Waals surface area contributed by atoms with Gasteiger partial charge in [-0.05, 0) is 61.7 Å². The molecule has 2 atom stereocenters. The van der Waals surface area contributed by atoms with E-state index in [4.69, 9.17) is 5.11 Å². The maximum atomic E-state index is 11.0. The third-order valence-corrected chi connectivity index (χ3v) is 5.25. The highest BCUT2D eigenvalue weighted by atomic mass is 16.4. The molecular formula is C20H23N3O2. The monoisotopic (exact) mass is 337 g/mol. The fourth-order valence-corrected chi connectivity index (χ4v) is 3.78. The second-order valence-corrected chi connectivity index (χ2v) is 6.97. The Morgan fingerprint density at radius 1 is 1.12 bits per heavy atom. The Balaban J connectivity index is 1.49. The molecule has 0 amide bonds. The summed E-state index contributed by atoms with van der Waals surface area (Å²) in [4.78, 5) is 13.5. The Morgan fingerprint density at radius 2 is 1.84 bits per heavy atom. The van der Waals surface area contributed by atoms with Crippen LogP contribution in [0.3, 0.4) is 0 Å². The molecule has 2 unspecified atom stereocenters. The van der Waals surface area contributed by atoms with E-state index in [0.29, 0.717) is 11.6 Å². The van der Waals surface area contributed by atoms with E-state index in [-0.39, 0.29) is 6.17 Å². The van der Waals surface area contributed by atoms with Gasteiger partial charge in [-0.15, -0.1) is 0 Å². The molecule has 0 aliphatic carbocycles. The second-order valence-electron chi connectivity index (χ2n) is 6.97. The molecule has 4 rings (SSSR count). The van der Waals surface area contributed by atoms with E-state index in [2.05, 4.69) is 40.7 Å². The number of hydrogen-bond donors (Lipinski definition) is 3. The van der Waals surface area contributed by atoms with Crippen molar-refractivity contribution in [3.63, 3.8) is 0 Å². The molecule has 5 nitrogen and oxygen atoms in total. The van der Waals surface area contributed by atoms with Gasteiger partial charge in [0.1, 0.15) is 6.17 Å². The van der Waals surface area contributed by atoms with E-state index in [1.807, 2.05) is 12.1 Å². The summed E-state index contributed by atoms with van der Waals surface area (Å²) < 4.78 is 0. The number of carboxylic acid groups (broad SMARTS) is 1. The highest BCUT2D eigenvalue weighted by Gasteiger charge is 2.26. The van der Waals surface area contributed by atoms with Crippen LogP contribution in [0.15, 0.2) is 42.5 Å². The van der Waals surface area contributed by atoms with E-state index in [0.717, 1.165) is 29.0 Å². The van der Waals surface area contributed by atoms with Gasteiger partial charge in [0, 0.05) is 12.6 Å². The molecule has 2 aromatic rings. The minimum Gasteiger partial charge on any atom is -0.478 e. The number of hydrogen-bond acceptors (Lipinski definition) is 4. The van der Waals surface area contributed by atoms with Crippen molar-refractivity contribution in [2.75, 3.05) is 23.7 Å². The van der Waals surface area contributed by atoms with Crippen molar-refractivity contribution in [3.8, 4) is 11.1 Å². The number of anilines is 2. The molecule has 0 bridgehead atoms. The van der Waals surface area contributed by atoms with Crippen molar-refractivity contribution in [1.82, 2.24) is 4.90 Å². The van der Waals surface area contributed by atoms with Gasteiger partial charge in [0.25, 0.3) is 0 Å². The number of nitrogens with zero attached hydrogens (tertiary/aromatic N) is 1. The summed E-state index contributed by atoms with van der Waals surface area (Å²) in [5.41, 5.74) is 4.65. The Morgan fingerprint density at radius 3 is 2.52 bits per heavy atom. The summed E-state index contributed by atoms with van der Waals surface area (Å²) in [5.74, 6) is -0.898. The Kier molecular flexibility index (Phi) is 4.09. The molecule has 0 radical (unpaired) electrons. The maximum Gasteiger partial charge on any atom is 0.335 e. The SMILES string of the molecule is CC1CCCN1CC1Nc2ccc(-c3ccc(C(=O)O)cc3)cc2N1. The van der Waals surface area contributed by atoms with Crippen LogP contribution in [-0.4, -0.2) is 41.3 Å². The molecule has 5 heteroatoms. The van der Waals surface area contributed by atoms with Crippen LogP contribution in [0.4, 0.5) is 11.4 Å². The topological polar surface area (TPSA) is 64.6 Å². The van der Waals surface area contributed by atoms with Gasteiger partial charge in [0.15, 0.2) is 0 Å². The number of rotatable bonds is 4. The lowest BCUT2D eigenvalue weighted by molar-refractivity contribution is 0.0697. The molecule has 3 N–H and O–H groups in total. The zero-order valence-electron chi connectivity index (χ0n) is 14.3. The first-order chi connectivity index (χ1) is 12.1. The summed E-state index contributed by atoms with van der Waals surface area (Å²) in [6.45, 7) is 4.48. The minimum atomic E-state index is -0.898. The average molecular weight is 337 g/mol. The van der Waals surface area contributed by atoms with Gasteiger partial charge in [0.05, 0.1) is 16.9 Å². The van der Waals surface area contributed by atoms with Crippen LogP contribution < -0.4 is 10.6 Å². The van der Waals surface area contributed by atoms with Crippen LogP contribution in [0.2, 0.25) is 0 Å². The summed E-state index contributed by atoms with van der Waals surface area (Å²) in [6, 6.07) is 14.0. The van der Waals surface area contributed by atoms with E-state index < -0.39 is 5.97 Å². The molecule has 2 aromatic carbocycles. The fraction of sp³-hybridized carbons (Fsp3) is 0.350. The maximum absolute atomic E-state index is 11.0. The molecule has 2 heterocycles. The molecule has 0 saturated carbocycles. The third-order valence-electron chi connectivity index (χ3n) is 5.25. The van der Waals surface area contributed by atoms with E-state index in [9.17, 15) is 4.79 Å². The van der Waals surface area contributed by atoms with Crippen LogP contribution >= 0.6 is 0 Å². The Labute approximate surface area is 147 Å². The number of benzene rings is 2. The third kappa shape index (κ3) is 3.20. The largest absolute Gasteiger partial charge is 0.478 e. The van der Waals surface area contributed by atoms with Crippen LogP contribution in [0.5, 0.6) is 0 Å². The molecule has 1 saturated heterocycles. The summed E-state index contributed by atoms with van der Waals surface area (Å²) in [5, 5.41) is 16.1. The molecule has 25 heavy (non-hydrogen) atoms. The zero-order valence-corrected chi connectivity index (χ0v) is 14.3. The molecule has 1 fully saturated rings. The van der Waals surface area contributed by atoms with E-state index in [1.165, 1.54) is 19.4 Å². The van der Waals surface area contributed by atoms with Gasteiger partial charge >= 0.3 is 5.97 Å². The number of carboxylic acids is 1. The van der Waals surface area contributed by atoms with Crippen LogP contribution in [-0.2, 0) is 0 Å². The van der Waals surface area contributed by atoms with Crippen molar-refractivity contribution >= 4 is 17.3 Å². The number of carbonyl (C=O) groups is 1. The van der Waals surface area contributed by atoms with Crippen LogP contribution in [0.25, 0.3) is 11.1 Å². The van der Waals surface area contributed by atoms with Crippen LogP contribution in [0, 0.1) is 0 Å². The lowest BCUT2D eigenvalue weighted by atomic mass is 10.0. The van der Waals surface area contributed by atoms with Gasteiger partial charge in [-0.3, -0.25) is 4.90 Å². The summed E-state index contributed by atoms with van der Waals surface area (Å²) in [6.07, 6.45) is 2.81. The summed E-state index contributed by atoms with van der Waals surface area (Å²) >= 11 is 0. The fourth-order valence-electron chi connectivity index (χ4n) is 3.78. The first kappa shape index (κ1) is 16.0. The van der Waals surface area contributed by atoms with Gasteiger partial charge in [-0.1, -0.05) is 18.2 Å². The lowest BCUT2D eigenvalue weighted by Crippen LogP contribution is -2.40. The van der Waals surface area contributed by atoms with Crippen molar-refractivity contribution in [1.29, 1.82) is 0 Å². The summed E-state index contributed by atoms with van der Waals surface area (Å²) in [7, 11) is 0. The van der Waals surface area contributed by atoms with Crippen molar-refractivity contribution in [3.05, 3.63) is 48.0 Å². The van der Waals surface area contributed by atoms with Crippen LogP contribution in [0.1, 0.15) is 30.1 Å². The number of fused-ring (bicyclic) bond motifs is 1. The average Bonchev–Trinajstić information content (AvgIpc) is 3.20. The lowest BCUT2D eigenvalue weighted by Gasteiger charge is -2.25. The Hall–Kier alpha value is -2.53. The minimum absolute atomic E-state index is 0.236. The number of likely N-dealkylation sites (tertiary alicyclic amines) is 1. The molecule has 2 aliphatic rings. The zero-order chi connectivity index (χ0) is 17.4. The number of nitrogens with one attached hydrogen (secondary N) is 2. The molecule has 130 valence electrons. The van der Waals surface area contributed by atoms with Gasteiger partial charge in [0.2, 0.25) is 0 Å². The van der Waals surface area contributed by atoms with E-state index in [1.54, 1.807) is 12.1 Å². The van der Waals surface area contributed by atoms with Gasteiger partial charge in [-0.25, -0.2) is 4.79 Å². The Bertz CT molecular complexity index is 788. The first-order valence-electron chi connectivity index (χ1n) is 8.85. The predicted octanol–water partition coefficient (Wildman–Crippen LogP) is 3.70. The van der Waals surface area contributed by atoms with Crippen molar-refractivity contribution in [2.24, 2.45) is 0 Å².